The van der Waals surface area contributed by atoms with Crippen LogP contribution in [0.1, 0.15) is 25.6 Å². The van der Waals surface area contributed by atoms with E-state index in [2.05, 4.69) is 22.4 Å². The van der Waals surface area contributed by atoms with Gasteiger partial charge in [0, 0.05) is 25.0 Å². The van der Waals surface area contributed by atoms with Crippen LogP contribution in [-0.2, 0) is 13.1 Å². The fourth-order valence-electron chi connectivity index (χ4n) is 1.65. The topological polar surface area (TPSA) is 47.7 Å². The summed E-state index contributed by atoms with van der Waals surface area (Å²) in [4.78, 5) is 0. The van der Waals surface area contributed by atoms with E-state index in [1.54, 1.807) is 6.07 Å². The molecule has 0 amide bonds. The molecule has 0 radical (unpaired) electrons. The highest BCUT2D eigenvalue weighted by atomic mass is 19.3. The summed E-state index contributed by atoms with van der Waals surface area (Å²) in [5.41, 5.74) is 0.426. The summed E-state index contributed by atoms with van der Waals surface area (Å²) in [5, 5.41) is 10.8. The molecular formula is C11H15F2N5. The Bertz CT molecular complexity index is 491. The molecule has 1 N–H and O–H groups in total. The first-order chi connectivity index (χ1) is 8.70. The average molecular weight is 255 g/mol. The van der Waals surface area contributed by atoms with Crippen LogP contribution in [0.15, 0.2) is 24.5 Å². The molecule has 0 bridgehead atoms. The Morgan fingerprint density at radius 2 is 2.22 bits per heavy atom. The Labute approximate surface area is 103 Å². The van der Waals surface area contributed by atoms with E-state index in [1.165, 1.54) is 6.20 Å². The van der Waals surface area contributed by atoms with Crippen LogP contribution in [0, 0.1) is 0 Å². The normalized spacial score (nSPS) is 11.1. The molecule has 2 rings (SSSR count). The molecule has 7 heteroatoms. The van der Waals surface area contributed by atoms with Gasteiger partial charge in [-0.25, -0.2) is 4.68 Å². The van der Waals surface area contributed by atoms with Crippen molar-refractivity contribution in [3.63, 3.8) is 0 Å². The minimum absolute atomic E-state index is 0.271. The molecule has 2 heterocycles. The van der Waals surface area contributed by atoms with Gasteiger partial charge in [0.1, 0.15) is 5.82 Å². The van der Waals surface area contributed by atoms with Crippen LogP contribution in [-0.4, -0.2) is 19.6 Å². The molecule has 2 aromatic rings. The molecule has 0 aliphatic rings. The zero-order chi connectivity index (χ0) is 13.0. The van der Waals surface area contributed by atoms with Crippen molar-refractivity contribution in [1.29, 1.82) is 0 Å². The number of alkyl halides is 2. The van der Waals surface area contributed by atoms with E-state index in [9.17, 15) is 8.78 Å². The number of aryl methyl sites for hydroxylation is 1. The van der Waals surface area contributed by atoms with Gasteiger partial charge in [0.2, 0.25) is 0 Å². The Morgan fingerprint density at radius 1 is 1.39 bits per heavy atom. The number of anilines is 1. The van der Waals surface area contributed by atoms with E-state index in [1.807, 2.05) is 16.9 Å². The summed E-state index contributed by atoms with van der Waals surface area (Å²) < 4.78 is 27.6. The summed E-state index contributed by atoms with van der Waals surface area (Å²) in [6.07, 6.45) is 4.22. The first-order valence-electron chi connectivity index (χ1n) is 5.78. The summed E-state index contributed by atoms with van der Waals surface area (Å²) >= 11 is 0. The molecule has 0 aromatic carbocycles. The second kappa shape index (κ2) is 5.61. The molecule has 0 aliphatic carbocycles. The zero-order valence-corrected chi connectivity index (χ0v) is 10.1. The maximum atomic E-state index is 12.5. The number of hydrogen-bond donors (Lipinski definition) is 1. The average Bonchev–Trinajstić information content (AvgIpc) is 2.95. The molecule has 5 nitrogen and oxygen atoms in total. The zero-order valence-electron chi connectivity index (χ0n) is 10.1. The molecule has 18 heavy (non-hydrogen) atoms. The van der Waals surface area contributed by atoms with Crippen molar-refractivity contribution in [1.82, 2.24) is 19.6 Å². The van der Waals surface area contributed by atoms with E-state index >= 15 is 0 Å². The van der Waals surface area contributed by atoms with Gasteiger partial charge in [-0.1, -0.05) is 6.92 Å². The standard InChI is InChI=1S/C11H15F2N5/c1-2-6-17-7-4-10(16-17)14-8-9-3-5-15-18(9)11(12)13/h3-5,7,11H,2,6,8H2,1H3,(H,14,16). The monoisotopic (exact) mass is 255 g/mol. The van der Waals surface area contributed by atoms with E-state index in [-0.39, 0.29) is 6.54 Å². The Kier molecular flexibility index (Phi) is 3.91. The number of nitrogens with zero attached hydrogens (tertiary/aromatic N) is 4. The first kappa shape index (κ1) is 12.5. The number of hydrogen-bond acceptors (Lipinski definition) is 3. The minimum atomic E-state index is -2.62. The van der Waals surface area contributed by atoms with Crippen molar-refractivity contribution < 1.29 is 8.78 Å². The predicted octanol–water partition coefficient (Wildman–Crippen LogP) is 2.50. The number of rotatable bonds is 6. The molecule has 0 aliphatic heterocycles. The van der Waals surface area contributed by atoms with Gasteiger partial charge in [-0.2, -0.15) is 19.0 Å². The summed E-state index contributed by atoms with van der Waals surface area (Å²) in [6.45, 7) is 0.564. The molecule has 0 unspecified atom stereocenters. The van der Waals surface area contributed by atoms with Crippen molar-refractivity contribution in [3.8, 4) is 0 Å². The second-order valence-electron chi connectivity index (χ2n) is 3.86. The molecule has 0 atom stereocenters. The van der Waals surface area contributed by atoms with Crippen molar-refractivity contribution in [3.05, 3.63) is 30.2 Å². The fraction of sp³-hybridized carbons (Fsp3) is 0.455. The van der Waals surface area contributed by atoms with Crippen LogP contribution >= 0.6 is 0 Å². The van der Waals surface area contributed by atoms with Crippen LogP contribution in [0.2, 0.25) is 0 Å². The van der Waals surface area contributed by atoms with Gasteiger partial charge in [0.25, 0.3) is 0 Å². The van der Waals surface area contributed by atoms with Crippen LogP contribution in [0.3, 0.4) is 0 Å². The van der Waals surface area contributed by atoms with Gasteiger partial charge in [-0.15, -0.1) is 0 Å². The first-order valence-corrected chi connectivity index (χ1v) is 5.78. The van der Waals surface area contributed by atoms with Gasteiger partial charge >= 0.3 is 6.55 Å². The van der Waals surface area contributed by atoms with Crippen molar-refractivity contribution in [2.24, 2.45) is 0 Å². The van der Waals surface area contributed by atoms with Gasteiger partial charge in [-0.05, 0) is 12.5 Å². The molecule has 98 valence electrons. The molecule has 2 aromatic heterocycles. The maximum Gasteiger partial charge on any atom is 0.333 e. The predicted molar refractivity (Wildman–Crippen MR) is 63.3 cm³/mol. The van der Waals surface area contributed by atoms with Crippen molar-refractivity contribution >= 4 is 5.82 Å². The molecular weight excluding hydrogens is 240 g/mol. The van der Waals surface area contributed by atoms with Crippen LogP contribution < -0.4 is 5.32 Å². The highest BCUT2D eigenvalue weighted by Gasteiger charge is 2.11. The third kappa shape index (κ3) is 2.85. The van der Waals surface area contributed by atoms with Crippen LogP contribution in [0.5, 0.6) is 0 Å². The van der Waals surface area contributed by atoms with Gasteiger partial charge in [0.05, 0.1) is 12.2 Å². The molecule has 0 spiro atoms. The van der Waals surface area contributed by atoms with E-state index < -0.39 is 6.55 Å². The van der Waals surface area contributed by atoms with Crippen molar-refractivity contribution in [2.75, 3.05) is 5.32 Å². The van der Waals surface area contributed by atoms with Gasteiger partial charge in [0.15, 0.2) is 0 Å². The molecule has 0 saturated heterocycles. The summed E-state index contributed by atoms with van der Waals surface area (Å²) in [5.74, 6) is 0.672. The van der Waals surface area contributed by atoms with Crippen LogP contribution in [0.4, 0.5) is 14.6 Å². The smallest absolute Gasteiger partial charge is 0.333 e. The minimum Gasteiger partial charge on any atom is -0.363 e. The van der Waals surface area contributed by atoms with E-state index in [4.69, 9.17) is 0 Å². The molecule has 0 fully saturated rings. The maximum absolute atomic E-state index is 12.5. The highest BCUT2D eigenvalue weighted by Crippen LogP contribution is 2.13. The van der Waals surface area contributed by atoms with Crippen LogP contribution in [0.25, 0.3) is 0 Å². The summed E-state index contributed by atoms with van der Waals surface area (Å²) in [6, 6.07) is 3.38. The lowest BCUT2D eigenvalue weighted by atomic mass is 10.4. The Morgan fingerprint density at radius 3 is 2.94 bits per heavy atom. The van der Waals surface area contributed by atoms with E-state index in [0.29, 0.717) is 16.2 Å². The highest BCUT2D eigenvalue weighted by molar-refractivity contribution is 5.32. The molecule has 0 saturated carbocycles. The quantitative estimate of drug-likeness (QED) is 0.862. The lowest BCUT2D eigenvalue weighted by Gasteiger charge is -2.06. The van der Waals surface area contributed by atoms with Crippen molar-refractivity contribution in [2.45, 2.75) is 33.0 Å². The van der Waals surface area contributed by atoms with Gasteiger partial charge < -0.3 is 5.32 Å². The second-order valence-corrected chi connectivity index (χ2v) is 3.86. The van der Waals surface area contributed by atoms with E-state index in [0.717, 1.165) is 13.0 Å². The third-order valence-corrected chi connectivity index (χ3v) is 2.48. The number of halogens is 2. The number of aromatic nitrogens is 4. The lowest BCUT2D eigenvalue weighted by molar-refractivity contribution is 0.0537. The Balaban J connectivity index is 1.96. The largest absolute Gasteiger partial charge is 0.363 e. The number of nitrogens with one attached hydrogen (secondary N) is 1. The lowest BCUT2D eigenvalue weighted by Crippen LogP contribution is -2.10. The van der Waals surface area contributed by atoms with Gasteiger partial charge in [-0.3, -0.25) is 4.68 Å². The fourth-order valence-corrected chi connectivity index (χ4v) is 1.65. The SMILES string of the molecule is CCCn1ccc(NCc2ccnn2C(F)F)n1. The third-order valence-electron chi connectivity index (χ3n) is 2.48. The Hall–Kier alpha value is -1.92. The summed E-state index contributed by atoms with van der Waals surface area (Å²) in [7, 11) is 0.